The Labute approximate surface area is 131 Å². The van der Waals surface area contributed by atoms with Crippen LogP contribution in [0, 0.1) is 5.92 Å². The summed E-state index contributed by atoms with van der Waals surface area (Å²) in [5.74, 6) is 0.579. The van der Waals surface area contributed by atoms with Crippen molar-refractivity contribution in [2.24, 2.45) is 5.92 Å². The normalized spacial score (nSPS) is 28.5. The molecule has 0 radical (unpaired) electrons. The van der Waals surface area contributed by atoms with Gasteiger partial charge in [-0.1, -0.05) is 24.3 Å². The third-order valence-corrected chi connectivity index (χ3v) is 5.72. The van der Waals surface area contributed by atoms with E-state index in [1.807, 2.05) is 0 Å². The highest BCUT2D eigenvalue weighted by atomic mass is 16.3. The Morgan fingerprint density at radius 3 is 2.95 bits per heavy atom. The quantitative estimate of drug-likeness (QED) is 0.874. The molecule has 1 spiro atoms. The molecule has 118 valence electrons. The Morgan fingerprint density at radius 2 is 2.18 bits per heavy atom. The fourth-order valence-electron chi connectivity index (χ4n) is 4.26. The molecule has 1 aromatic carbocycles. The Kier molecular flexibility index (Phi) is 3.37. The number of aliphatic hydroxyl groups excluding tert-OH is 1. The first-order valence-corrected chi connectivity index (χ1v) is 8.48. The van der Waals surface area contributed by atoms with Gasteiger partial charge in [0.05, 0.1) is 6.61 Å². The molecule has 2 fully saturated rings. The lowest BCUT2D eigenvalue weighted by Gasteiger charge is -2.22. The fourth-order valence-corrected chi connectivity index (χ4v) is 4.26. The van der Waals surface area contributed by atoms with Gasteiger partial charge in [0.25, 0.3) is 0 Å². The average molecular weight is 300 g/mol. The predicted octanol–water partition coefficient (Wildman–Crippen LogP) is 2.06. The van der Waals surface area contributed by atoms with Gasteiger partial charge in [-0.25, -0.2) is 4.79 Å². The topological polar surface area (TPSA) is 52.6 Å². The zero-order valence-corrected chi connectivity index (χ0v) is 12.9. The second kappa shape index (κ2) is 5.27. The van der Waals surface area contributed by atoms with E-state index in [0.717, 1.165) is 19.4 Å². The van der Waals surface area contributed by atoms with Gasteiger partial charge in [-0.2, -0.15) is 0 Å². The van der Waals surface area contributed by atoms with E-state index in [1.165, 1.54) is 30.4 Å². The third-order valence-electron chi connectivity index (χ3n) is 5.72. The number of nitrogens with zero attached hydrogens (tertiary/aromatic N) is 1. The van der Waals surface area contributed by atoms with Crippen LogP contribution in [0.5, 0.6) is 0 Å². The Bertz CT molecular complexity index is 584. The molecule has 2 saturated carbocycles. The Balaban J connectivity index is 1.35. The Hall–Kier alpha value is -1.55. The number of hydrogen-bond donors (Lipinski definition) is 2. The number of fused-ring (bicyclic) bond motifs is 2. The van der Waals surface area contributed by atoms with Gasteiger partial charge >= 0.3 is 6.03 Å². The summed E-state index contributed by atoms with van der Waals surface area (Å²) >= 11 is 0. The number of carbonyl (C=O) groups excluding carboxylic acids is 1. The molecule has 2 amide bonds. The second-order valence-corrected chi connectivity index (χ2v) is 7.05. The van der Waals surface area contributed by atoms with Crippen LogP contribution in [-0.2, 0) is 11.8 Å². The number of amides is 2. The monoisotopic (exact) mass is 300 g/mol. The first-order chi connectivity index (χ1) is 10.7. The first kappa shape index (κ1) is 14.1. The van der Waals surface area contributed by atoms with Gasteiger partial charge in [-0.15, -0.1) is 0 Å². The van der Waals surface area contributed by atoms with E-state index in [1.54, 1.807) is 4.90 Å². The van der Waals surface area contributed by atoms with Crippen LogP contribution < -0.4 is 5.32 Å². The molecule has 0 saturated heterocycles. The SMILES string of the molecule is O=C(NC[C@@H]1C[C@]12CCc1ccccc12)N(CCO)C1CC1. The minimum absolute atomic E-state index is 0.00452. The second-order valence-electron chi connectivity index (χ2n) is 7.05. The van der Waals surface area contributed by atoms with Gasteiger partial charge in [0.15, 0.2) is 0 Å². The predicted molar refractivity (Wildman–Crippen MR) is 84.8 cm³/mol. The van der Waals surface area contributed by atoms with Crippen LogP contribution in [0.25, 0.3) is 0 Å². The zero-order valence-electron chi connectivity index (χ0n) is 12.9. The molecule has 0 aromatic heterocycles. The van der Waals surface area contributed by atoms with Crippen LogP contribution in [0.3, 0.4) is 0 Å². The van der Waals surface area contributed by atoms with E-state index in [-0.39, 0.29) is 12.6 Å². The summed E-state index contributed by atoms with van der Waals surface area (Å²) < 4.78 is 0. The highest BCUT2D eigenvalue weighted by molar-refractivity contribution is 5.75. The van der Waals surface area contributed by atoms with Crippen LogP contribution in [0.1, 0.15) is 36.8 Å². The maximum atomic E-state index is 12.3. The van der Waals surface area contributed by atoms with Crippen molar-refractivity contribution in [2.75, 3.05) is 19.7 Å². The average Bonchev–Trinajstić information content (AvgIpc) is 3.43. The van der Waals surface area contributed by atoms with E-state index < -0.39 is 0 Å². The summed E-state index contributed by atoms with van der Waals surface area (Å²) in [6, 6.07) is 9.13. The summed E-state index contributed by atoms with van der Waals surface area (Å²) in [4.78, 5) is 14.1. The fraction of sp³-hybridized carbons (Fsp3) is 0.611. The maximum Gasteiger partial charge on any atom is 0.317 e. The van der Waals surface area contributed by atoms with Gasteiger partial charge < -0.3 is 15.3 Å². The molecule has 0 unspecified atom stereocenters. The molecule has 2 N–H and O–H groups in total. The van der Waals surface area contributed by atoms with Gasteiger partial charge in [0.2, 0.25) is 0 Å². The van der Waals surface area contributed by atoms with Gasteiger partial charge in [-0.3, -0.25) is 0 Å². The maximum absolute atomic E-state index is 12.3. The van der Waals surface area contributed by atoms with Crippen LogP contribution >= 0.6 is 0 Å². The highest BCUT2D eigenvalue weighted by Crippen LogP contribution is 2.61. The van der Waals surface area contributed by atoms with Crippen molar-refractivity contribution in [3.63, 3.8) is 0 Å². The molecule has 4 heteroatoms. The Morgan fingerprint density at radius 1 is 1.36 bits per heavy atom. The molecule has 4 rings (SSSR count). The number of hydrogen-bond acceptors (Lipinski definition) is 2. The van der Waals surface area contributed by atoms with Crippen molar-refractivity contribution in [2.45, 2.75) is 43.6 Å². The van der Waals surface area contributed by atoms with E-state index in [0.29, 0.717) is 23.9 Å². The van der Waals surface area contributed by atoms with Gasteiger partial charge in [-0.05, 0) is 49.1 Å². The number of aliphatic hydroxyl groups is 1. The molecule has 1 aromatic rings. The lowest BCUT2D eigenvalue weighted by molar-refractivity contribution is 0.173. The minimum Gasteiger partial charge on any atom is -0.395 e. The van der Waals surface area contributed by atoms with E-state index in [2.05, 4.69) is 29.6 Å². The molecule has 0 heterocycles. The molecular formula is C18H24N2O2. The molecule has 3 aliphatic carbocycles. The van der Waals surface area contributed by atoms with Crippen molar-refractivity contribution < 1.29 is 9.90 Å². The highest BCUT2D eigenvalue weighted by Gasteiger charge is 2.57. The number of carbonyl (C=O) groups is 1. The molecule has 0 aliphatic heterocycles. The zero-order chi connectivity index (χ0) is 15.2. The van der Waals surface area contributed by atoms with Crippen LogP contribution in [0.2, 0.25) is 0 Å². The van der Waals surface area contributed by atoms with Crippen molar-refractivity contribution in [1.82, 2.24) is 10.2 Å². The minimum atomic E-state index is 0.00452. The number of aryl methyl sites for hydroxylation is 1. The van der Waals surface area contributed by atoms with E-state index in [9.17, 15) is 4.79 Å². The van der Waals surface area contributed by atoms with Crippen LogP contribution in [-0.4, -0.2) is 41.8 Å². The smallest absolute Gasteiger partial charge is 0.317 e. The van der Waals surface area contributed by atoms with Crippen LogP contribution in [0.15, 0.2) is 24.3 Å². The van der Waals surface area contributed by atoms with Crippen LogP contribution in [0.4, 0.5) is 4.79 Å². The molecule has 22 heavy (non-hydrogen) atoms. The van der Waals surface area contributed by atoms with E-state index in [4.69, 9.17) is 5.11 Å². The summed E-state index contributed by atoms with van der Waals surface area (Å²) in [6.45, 7) is 1.27. The molecule has 4 nitrogen and oxygen atoms in total. The first-order valence-electron chi connectivity index (χ1n) is 8.48. The summed E-state index contributed by atoms with van der Waals surface area (Å²) in [5, 5.41) is 12.2. The van der Waals surface area contributed by atoms with Crippen molar-refractivity contribution in [1.29, 1.82) is 0 Å². The molecular weight excluding hydrogens is 276 g/mol. The number of benzene rings is 1. The van der Waals surface area contributed by atoms with Gasteiger partial charge in [0.1, 0.15) is 0 Å². The summed E-state index contributed by atoms with van der Waals surface area (Å²) in [6.07, 6.45) is 5.77. The van der Waals surface area contributed by atoms with Crippen molar-refractivity contribution in [3.8, 4) is 0 Å². The summed E-state index contributed by atoms with van der Waals surface area (Å²) in [7, 11) is 0. The van der Waals surface area contributed by atoms with Gasteiger partial charge in [0, 0.05) is 24.5 Å². The van der Waals surface area contributed by atoms with Crippen molar-refractivity contribution in [3.05, 3.63) is 35.4 Å². The molecule has 2 atom stereocenters. The third kappa shape index (κ3) is 2.30. The van der Waals surface area contributed by atoms with E-state index >= 15 is 0 Å². The number of urea groups is 1. The van der Waals surface area contributed by atoms with Crippen molar-refractivity contribution >= 4 is 6.03 Å². The largest absolute Gasteiger partial charge is 0.395 e. The number of rotatable bonds is 5. The lowest BCUT2D eigenvalue weighted by Crippen LogP contribution is -2.43. The standard InChI is InChI=1S/C18H24N2O2/c21-10-9-20(15-5-6-15)17(22)19-12-14-11-18(14)8-7-13-3-1-2-4-16(13)18/h1-4,14-15,21H,5-12H2,(H,19,22)/t14-,18+/m0/s1. The lowest BCUT2D eigenvalue weighted by atomic mass is 9.95. The molecule has 0 bridgehead atoms. The molecule has 3 aliphatic rings. The summed E-state index contributed by atoms with van der Waals surface area (Å²) in [5.41, 5.74) is 3.35. The number of nitrogens with one attached hydrogen (secondary N) is 1.